The van der Waals surface area contributed by atoms with E-state index in [1.807, 2.05) is 6.92 Å². The highest BCUT2D eigenvalue weighted by Gasteiger charge is 2.32. The van der Waals surface area contributed by atoms with E-state index >= 15 is 0 Å². The van der Waals surface area contributed by atoms with Crippen LogP contribution in [0.4, 0.5) is 0 Å². The largest absolute Gasteiger partial charge is 0.218 e. The van der Waals surface area contributed by atoms with Crippen molar-refractivity contribution in [2.45, 2.75) is 45.1 Å². The molecule has 1 heterocycles. The molecule has 0 atom stereocenters. The summed E-state index contributed by atoms with van der Waals surface area (Å²) in [5.74, 6) is 0.226. The van der Waals surface area contributed by atoms with Gasteiger partial charge in [-0.2, -0.15) is 4.31 Å². The van der Waals surface area contributed by atoms with E-state index in [1.165, 1.54) is 19.3 Å². The maximum absolute atomic E-state index is 12.0. The van der Waals surface area contributed by atoms with Gasteiger partial charge in [-0.05, 0) is 19.8 Å². The van der Waals surface area contributed by atoms with Crippen LogP contribution < -0.4 is 0 Å². The normalized spacial score (nSPS) is 28.7. The lowest BCUT2D eigenvalue weighted by Crippen LogP contribution is -2.44. The number of hydrogen-bond donors (Lipinski definition) is 0. The fraction of sp³-hybridized carbons (Fsp3) is 0.818. The van der Waals surface area contributed by atoms with Gasteiger partial charge in [0.2, 0.25) is 10.0 Å². The monoisotopic (exact) mass is 229 g/mol. The second kappa shape index (κ2) is 4.26. The highest BCUT2D eigenvalue weighted by atomic mass is 32.2. The first-order valence-electron chi connectivity index (χ1n) is 5.75. The molecular weight excluding hydrogens is 210 g/mol. The second-order valence-electron chi connectivity index (χ2n) is 4.67. The average Bonchev–Trinajstić information content (AvgIpc) is 2.17. The predicted octanol–water partition coefficient (Wildman–Crippen LogP) is 1.91. The fourth-order valence-electron chi connectivity index (χ4n) is 2.53. The molecule has 1 aliphatic heterocycles. The molecule has 0 unspecified atom stereocenters. The molecule has 2 rings (SSSR count). The summed E-state index contributed by atoms with van der Waals surface area (Å²) in [6, 6.07) is 0.271. The van der Waals surface area contributed by atoms with Crippen molar-refractivity contribution in [3.63, 3.8) is 0 Å². The van der Waals surface area contributed by atoms with Crippen molar-refractivity contribution in [1.29, 1.82) is 0 Å². The van der Waals surface area contributed by atoms with Crippen molar-refractivity contribution in [1.82, 2.24) is 4.31 Å². The first-order chi connectivity index (χ1) is 7.09. The van der Waals surface area contributed by atoms with Crippen LogP contribution in [0.25, 0.3) is 0 Å². The smallest absolute Gasteiger partial charge is 0.212 e. The first kappa shape index (κ1) is 11.1. The molecule has 0 bridgehead atoms. The van der Waals surface area contributed by atoms with Crippen molar-refractivity contribution in [3.05, 3.63) is 11.6 Å². The van der Waals surface area contributed by atoms with Gasteiger partial charge in [-0.15, -0.1) is 0 Å². The van der Waals surface area contributed by atoms with Gasteiger partial charge in [-0.3, -0.25) is 0 Å². The summed E-state index contributed by atoms with van der Waals surface area (Å²) < 4.78 is 25.7. The minimum Gasteiger partial charge on any atom is -0.212 e. The predicted molar refractivity (Wildman–Crippen MR) is 61.1 cm³/mol. The number of sulfonamides is 1. The molecule has 1 saturated carbocycles. The van der Waals surface area contributed by atoms with Crippen LogP contribution >= 0.6 is 0 Å². The van der Waals surface area contributed by atoms with Gasteiger partial charge in [-0.25, -0.2) is 8.42 Å². The number of nitrogens with zero attached hydrogens (tertiary/aromatic N) is 1. The fourth-order valence-corrected chi connectivity index (χ4v) is 4.36. The standard InChI is InChI=1S/C11H19NO2S/c1-10-7-8-12(15(13,14)9-10)11-5-3-2-4-6-11/h7,11H,2-6,8-9H2,1H3. The highest BCUT2D eigenvalue weighted by molar-refractivity contribution is 7.89. The van der Waals surface area contributed by atoms with Gasteiger partial charge in [0.25, 0.3) is 0 Å². The topological polar surface area (TPSA) is 37.4 Å². The van der Waals surface area contributed by atoms with Crippen molar-refractivity contribution in [2.75, 3.05) is 12.3 Å². The summed E-state index contributed by atoms with van der Waals surface area (Å²) in [5, 5.41) is 0. The minimum absolute atomic E-state index is 0.226. The summed E-state index contributed by atoms with van der Waals surface area (Å²) >= 11 is 0. The van der Waals surface area contributed by atoms with Gasteiger partial charge in [0, 0.05) is 12.6 Å². The van der Waals surface area contributed by atoms with E-state index in [0.29, 0.717) is 6.54 Å². The summed E-state index contributed by atoms with van der Waals surface area (Å²) in [4.78, 5) is 0. The van der Waals surface area contributed by atoms with Crippen LogP contribution in [-0.2, 0) is 10.0 Å². The van der Waals surface area contributed by atoms with Gasteiger partial charge in [0.05, 0.1) is 5.75 Å². The minimum atomic E-state index is -3.01. The Morgan fingerprint density at radius 2 is 1.93 bits per heavy atom. The van der Waals surface area contributed by atoms with E-state index in [2.05, 4.69) is 6.08 Å². The van der Waals surface area contributed by atoms with Gasteiger partial charge in [-0.1, -0.05) is 30.9 Å². The molecule has 3 nitrogen and oxygen atoms in total. The van der Waals surface area contributed by atoms with Crippen molar-refractivity contribution >= 4 is 10.0 Å². The van der Waals surface area contributed by atoms with Gasteiger partial charge < -0.3 is 0 Å². The van der Waals surface area contributed by atoms with Crippen LogP contribution in [0, 0.1) is 0 Å². The molecule has 0 spiro atoms. The Morgan fingerprint density at radius 3 is 2.53 bits per heavy atom. The lowest BCUT2D eigenvalue weighted by molar-refractivity contribution is 0.267. The third-order valence-electron chi connectivity index (χ3n) is 3.37. The molecule has 0 amide bonds. The molecule has 86 valence electrons. The third kappa shape index (κ3) is 2.42. The third-order valence-corrected chi connectivity index (χ3v) is 5.35. The quantitative estimate of drug-likeness (QED) is 0.644. The molecule has 0 saturated heterocycles. The maximum atomic E-state index is 12.0. The summed E-state index contributed by atoms with van der Waals surface area (Å²) in [7, 11) is -3.01. The van der Waals surface area contributed by atoms with E-state index < -0.39 is 10.0 Å². The van der Waals surface area contributed by atoms with E-state index in [9.17, 15) is 8.42 Å². The Labute approximate surface area is 92.2 Å². The van der Waals surface area contributed by atoms with Crippen LogP contribution in [0.1, 0.15) is 39.0 Å². The zero-order valence-corrected chi connectivity index (χ0v) is 10.1. The zero-order chi connectivity index (χ0) is 10.9. The van der Waals surface area contributed by atoms with Crippen LogP contribution in [0.3, 0.4) is 0 Å². The summed E-state index contributed by atoms with van der Waals surface area (Å²) in [6.45, 7) is 2.49. The molecule has 2 aliphatic rings. The maximum Gasteiger partial charge on any atom is 0.218 e. The molecule has 0 aromatic rings. The summed E-state index contributed by atoms with van der Waals surface area (Å²) in [5.41, 5.74) is 0.988. The lowest BCUT2D eigenvalue weighted by Gasteiger charge is -2.34. The highest BCUT2D eigenvalue weighted by Crippen LogP contribution is 2.27. The van der Waals surface area contributed by atoms with Crippen LogP contribution in [-0.4, -0.2) is 31.1 Å². The zero-order valence-electron chi connectivity index (χ0n) is 9.28. The van der Waals surface area contributed by atoms with Crippen molar-refractivity contribution in [3.8, 4) is 0 Å². The molecule has 0 radical (unpaired) electrons. The summed E-state index contributed by atoms with van der Waals surface area (Å²) in [6.07, 6.45) is 7.77. The van der Waals surface area contributed by atoms with Crippen LogP contribution in [0.2, 0.25) is 0 Å². The lowest BCUT2D eigenvalue weighted by atomic mass is 9.95. The Bertz CT molecular complexity index is 353. The number of hydrogen-bond acceptors (Lipinski definition) is 2. The van der Waals surface area contributed by atoms with E-state index in [1.54, 1.807) is 4.31 Å². The molecule has 1 aliphatic carbocycles. The van der Waals surface area contributed by atoms with Crippen molar-refractivity contribution < 1.29 is 8.42 Å². The molecule has 15 heavy (non-hydrogen) atoms. The Hall–Kier alpha value is -0.350. The molecule has 4 heteroatoms. The molecular formula is C11H19NO2S. The van der Waals surface area contributed by atoms with Crippen molar-refractivity contribution in [2.24, 2.45) is 0 Å². The van der Waals surface area contributed by atoms with Crippen LogP contribution in [0.15, 0.2) is 11.6 Å². The SMILES string of the molecule is CC1=CCN(C2CCCCC2)S(=O)(=O)C1. The Morgan fingerprint density at radius 1 is 1.27 bits per heavy atom. The number of rotatable bonds is 1. The van der Waals surface area contributed by atoms with Gasteiger partial charge in [0.1, 0.15) is 0 Å². The van der Waals surface area contributed by atoms with Crippen LogP contribution in [0.5, 0.6) is 0 Å². The molecule has 0 aromatic carbocycles. The molecule has 1 fully saturated rings. The van der Waals surface area contributed by atoms with E-state index in [-0.39, 0.29) is 11.8 Å². The van der Waals surface area contributed by atoms with Gasteiger partial charge in [0.15, 0.2) is 0 Å². The molecule has 0 N–H and O–H groups in total. The first-order valence-corrected chi connectivity index (χ1v) is 7.36. The Balaban J connectivity index is 2.14. The van der Waals surface area contributed by atoms with E-state index in [4.69, 9.17) is 0 Å². The molecule has 0 aromatic heterocycles. The average molecular weight is 229 g/mol. The van der Waals surface area contributed by atoms with Gasteiger partial charge >= 0.3 is 0 Å². The van der Waals surface area contributed by atoms with E-state index in [0.717, 1.165) is 18.4 Å². The second-order valence-corrected chi connectivity index (χ2v) is 6.59. The Kier molecular flexibility index (Phi) is 3.16.